The van der Waals surface area contributed by atoms with E-state index < -0.39 is 0 Å². The smallest absolute Gasteiger partial charge is 0.165 e. The first-order valence-corrected chi connectivity index (χ1v) is 6.44. The minimum atomic E-state index is 0.0647. The Hall–Kier alpha value is -1.95. The van der Waals surface area contributed by atoms with Crippen LogP contribution in [0.4, 0.5) is 0 Å². The molecule has 0 atom stereocenters. The van der Waals surface area contributed by atoms with Crippen molar-refractivity contribution in [3.8, 4) is 5.75 Å². The third-order valence-corrected chi connectivity index (χ3v) is 3.10. The quantitative estimate of drug-likeness (QED) is 0.321. The standard InChI is InChI=1S/C12H14N4OS/c13-11(14)9-1-3-10(4-2-9)17-7-8-18-12-15-5-6-16-12/h1-6H,7-8H2,(H3,13,14)(H,15,16). The Labute approximate surface area is 109 Å². The molecule has 0 bridgehead atoms. The topological polar surface area (TPSA) is 87.8 Å². The van der Waals surface area contributed by atoms with Crippen molar-refractivity contribution in [2.75, 3.05) is 12.4 Å². The van der Waals surface area contributed by atoms with Crippen LogP contribution in [0.15, 0.2) is 41.8 Å². The highest BCUT2D eigenvalue weighted by molar-refractivity contribution is 7.99. The number of aromatic nitrogens is 2. The van der Waals surface area contributed by atoms with E-state index in [1.165, 1.54) is 0 Å². The summed E-state index contributed by atoms with van der Waals surface area (Å²) in [5, 5.41) is 8.17. The van der Waals surface area contributed by atoms with Crippen molar-refractivity contribution >= 4 is 17.6 Å². The summed E-state index contributed by atoms with van der Waals surface area (Å²) in [4.78, 5) is 7.12. The largest absolute Gasteiger partial charge is 0.493 e. The molecule has 0 aliphatic heterocycles. The summed E-state index contributed by atoms with van der Waals surface area (Å²) < 4.78 is 5.57. The number of rotatable bonds is 6. The first-order chi connectivity index (χ1) is 8.75. The van der Waals surface area contributed by atoms with E-state index in [9.17, 15) is 0 Å². The number of aromatic amines is 1. The van der Waals surface area contributed by atoms with E-state index in [2.05, 4.69) is 9.97 Å². The number of hydrogen-bond donors (Lipinski definition) is 3. The predicted octanol–water partition coefficient (Wildman–Crippen LogP) is 1.86. The second-order valence-electron chi connectivity index (χ2n) is 3.53. The first kappa shape index (κ1) is 12.5. The van der Waals surface area contributed by atoms with Gasteiger partial charge in [0.2, 0.25) is 0 Å². The van der Waals surface area contributed by atoms with Crippen LogP contribution in [0.1, 0.15) is 5.56 Å². The fraction of sp³-hybridized carbons (Fsp3) is 0.167. The SMILES string of the molecule is N=C(N)c1ccc(OCCSc2ncc[nH]2)cc1. The summed E-state index contributed by atoms with van der Waals surface area (Å²) >= 11 is 1.61. The van der Waals surface area contributed by atoms with Crippen LogP contribution in [0, 0.1) is 5.41 Å². The van der Waals surface area contributed by atoms with Crippen molar-refractivity contribution in [2.24, 2.45) is 5.73 Å². The summed E-state index contributed by atoms with van der Waals surface area (Å²) in [6.07, 6.45) is 3.52. The zero-order valence-electron chi connectivity index (χ0n) is 9.72. The van der Waals surface area contributed by atoms with Gasteiger partial charge in [0.15, 0.2) is 5.16 Å². The van der Waals surface area contributed by atoms with Gasteiger partial charge in [0.1, 0.15) is 11.6 Å². The van der Waals surface area contributed by atoms with Crippen LogP contribution < -0.4 is 10.5 Å². The lowest BCUT2D eigenvalue weighted by molar-refractivity contribution is 0.344. The number of imidazole rings is 1. The van der Waals surface area contributed by atoms with E-state index in [1.807, 2.05) is 12.1 Å². The lowest BCUT2D eigenvalue weighted by Gasteiger charge is -2.06. The molecule has 18 heavy (non-hydrogen) atoms. The average molecular weight is 262 g/mol. The fourth-order valence-corrected chi connectivity index (χ4v) is 2.01. The predicted molar refractivity (Wildman–Crippen MR) is 72.3 cm³/mol. The molecule has 2 rings (SSSR count). The normalized spacial score (nSPS) is 10.2. The van der Waals surface area contributed by atoms with E-state index in [4.69, 9.17) is 15.9 Å². The van der Waals surface area contributed by atoms with E-state index in [0.29, 0.717) is 12.2 Å². The molecule has 0 spiro atoms. The fourth-order valence-electron chi connectivity index (χ4n) is 1.36. The molecule has 0 radical (unpaired) electrons. The zero-order chi connectivity index (χ0) is 12.8. The van der Waals surface area contributed by atoms with Crippen molar-refractivity contribution in [1.29, 1.82) is 5.41 Å². The second kappa shape index (κ2) is 6.11. The molecular formula is C12H14N4OS. The van der Waals surface area contributed by atoms with Gasteiger partial charge >= 0.3 is 0 Å². The molecule has 1 heterocycles. The van der Waals surface area contributed by atoms with Crippen molar-refractivity contribution < 1.29 is 4.74 Å². The number of thioether (sulfide) groups is 1. The maximum absolute atomic E-state index is 7.28. The molecule has 6 heteroatoms. The number of nitrogen functional groups attached to an aromatic ring is 1. The van der Waals surface area contributed by atoms with Gasteiger partial charge in [-0.2, -0.15) is 0 Å². The number of ether oxygens (including phenoxy) is 1. The first-order valence-electron chi connectivity index (χ1n) is 5.45. The van der Waals surface area contributed by atoms with Crippen LogP contribution in [-0.2, 0) is 0 Å². The number of nitrogens with zero attached hydrogens (tertiary/aromatic N) is 1. The van der Waals surface area contributed by atoms with Gasteiger partial charge in [0.25, 0.3) is 0 Å². The van der Waals surface area contributed by atoms with Crippen LogP contribution in [0.5, 0.6) is 5.75 Å². The molecule has 0 aliphatic rings. The number of amidine groups is 1. The third-order valence-electron chi connectivity index (χ3n) is 2.23. The Balaban J connectivity index is 1.75. The van der Waals surface area contributed by atoms with E-state index in [0.717, 1.165) is 16.7 Å². The van der Waals surface area contributed by atoms with Crippen LogP contribution in [0.3, 0.4) is 0 Å². The maximum Gasteiger partial charge on any atom is 0.165 e. The molecule has 0 aliphatic carbocycles. The summed E-state index contributed by atoms with van der Waals surface area (Å²) in [6, 6.07) is 7.18. The molecule has 1 aromatic heterocycles. The Morgan fingerprint density at radius 2 is 2.17 bits per heavy atom. The number of hydrogen-bond acceptors (Lipinski definition) is 4. The summed E-state index contributed by atoms with van der Waals surface area (Å²) in [6.45, 7) is 0.602. The molecular weight excluding hydrogens is 248 g/mol. The van der Waals surface area contributed by atoms with Crippen LogP contribution >= 0.6 is 11.8 Å². The molecule has 2 aromatic rings. The van der Waals surface area contributed by atoms with Gasteiger partial charge in [-0.3, -0.25) is 5.41 Å². The van der Waals surface area contributed by atoms with Crippen molar-refractivity contribution in [2.45, 2.75) is 5.16 Å². The van der Waals surface area contributed by atoms with Gasteiger partial charge in [-0.25, -0.2) is 4.98 Å². The zero-order valence-corrected chi connectivity index (χ0v) is 10.5. The Bertz CT molecular complexity index is 495. The van der Waals surface area contributed by atoms with E-state index in [-0.39, 0.29) is 5.84 Å². The van der Waals surface area contributed by atoms with Crippen molar-refractivity contribution in [3.05, 3.63) is 42.2 Å². The highest BCUT2D eigenvalue weighted by Gasteiger charge is 1.99. The molecule has 1 aromatic carbocycles. The minimum absolute atomic E-state index is 0.0647. The van der Waals surface area contributed by atoms with Crippen LogP contribution in [0.2, 0.25) is 0 Å². The highest BCUT2D eigenvalue weighted by atomic mass is 32.2. The Morgan fingerprint density at radius 3 is 2.78 bits per heavy atom. The summed E-state index contributed by atoms with van der Waals surface area (Å²) in [5.41, 5.74) is 6.07. The van der Waals surface area contributed by atoms with Crippen LogP contribution in [-0.4, -0.2) is 28.2 Å². The number of nitrogens with two attached hydrogens (primary N) is 1. The third kappa shape index (κ3) is 3.53. The molecule has 5 nitrogen and oxygen atoms in total. The lowest BCUT2D eigenvalue weighted by Crippen LogP contribution is -2.10. The molecule has 0 saturated carbocycles. The molecule has 0 unspecified atom stereocenters. The maximum atomic E-state index is 7.28. The summed E-state index contributed by atoms with van der Waals surface area (Å²) in [7, 11) is 0. The minimum Gasteiger partial charge on any atom is -0.493 e. The van der Waals surface area contributed by atoms with Gasteiger partial charge in [-0.1, -0.05) is 11.8 Å². The molecule has 0 saturated heterocycles. The Morgan fingerprint density at radius 1 is 1.39 bits per heavy atom. The number of benzene rings is 1. The van der Waals surface area contributed by atoms with E-state index in [1.54, 1.807) is 36.3 Å². The van der Waals surface area contributed by atoms with Gasteiger partial charge in [-0.05, 0) is 24.3 Å². The molecule has 94 valence electrons. The number of nitrogens with one attached hydrogen (secondary N) is 2. The lowest BCUT2D eigenvalue weighted by atomic mass is 10.2. The van der Waals surface area contributed by atoms with E-state index >= 15 is 0 Å². The van der Waals surface area contributed by atoms with Gasteiger partial charge in [0.05, 0.1) is 6.61 Å². The average Bonchev–Trinajstić information content (AvgIpc) is 2.88. The van der Waals surface area contributed by atoms with Gasteiger partial charge < -0.3 is 15.5 Å². The van der Waals surface area contributed by atoms with Gasteiger partial charge in [-0.15, -0.1) is 0 Å². The summed E-state index contributed by atoms with van der Waals surface area (Å²) in [5.74, 6) is 1.66. The van der Waals surface area contributed by atoms with Crippen molar-refractivity contribution in [1.82, 2.24) is 9.97 Å². The van der Waals surface area contributed by atoms with Crippen LogP contribution in [0.25, 0.3) is 0 Å². The monoisotopic (exact) mass is 262 g/mol. The molecule has 0 fully saturated rings. The second-order valence-corrected chi connectivity index (χ2v) is 4.61. The Kier molecular flexibility index (Phi) is 4.25. The number of H-pyrrole nitrogens is 1. The molecule has 4 N–H and O–H groups in total. The van der Waals surface area contributed by atoms with Crippen molar-refractivity contribution in [3.63, 3.8) is 0 Å². The molecule has 0 amide bonds. The van der Waals surface area contributed by atoms with Gasteiger partial charge in [0, 0.05) is 23.7 Å². The highest BCUT2D eigenvalue weighted by Crippen LogP contribution is 2.14.